The molecule has 0 bridgehead atoms. The van der Waals surface area contributed by atoms with Crippen molar-refractivity contribution in [1.82, 2.24) is 5.48 Å². The van der Waals surface area contributed by atoms with Gasteiger partial charge in [0.2, 0.25) is 0 Å². The molecule has 0 radical (unpaired) electrons. The Morgan fingerprint density at radius 1 is 1.03 bits per heavy atom. The Hall–Kier alpha value is -3.82. The molecule has 0 aliphatic rings. The number of ether oxygens (including phenoxy) is 3. The molecule has 2 amide bonds. The largest absolute Gasteiger partial charge is 0.497 e. The van der Waals surface area contributed by atoms with Crippen LogP contribution in [-0.2, 0) is 9.53 Å². The van der Waals surface area contributed by atoms with E-state index < -0.39 is 18.1 Å². The fraction of sp³-hybridized carbons (Fsp3) is 0.280. The summed E-state index contributed by atoms with van der Waals surface area (Å²) in [6.45, 7) is 0.122. The number of rotatable bonds is 13. The van der Waals surface area contributed by atoms with Gasteiger partial charge in [-0.25, -0.2) is 10.3 Å². The Balaban J connectivity index is 1.99. The number of aliphatic hydroxyl groups is 1. The highest BCUT2D eigenvalue weighted by Crippen LogP contribution is 2.27. The molecule has 0 saturated heterocycles. The molecular weight excluding hydrogens is 440 g/mol. The van der Waals surface area contributed by atoms with Crippen LogP contribution in [0.15, 0.2) is 72.8 Å². The Labute approximate surface area is 198 Å². The van der Waals surface area contributed by atoms with E-state index in [1.807, 2.05) is 18.2 Å². The van der Waals surface area contributed by atoms with E-state index in [1.54, 1.807) is 49.6 Å². The third-order valence-corrected chi connectivity index (χ3v) is 4.64. The van der Waals surface area contributed by atoms with Crippen LogP contribution in [-0.4, -0.2) is 42.6 Å². The molecule has 4 N–H and O–H groups in total. The number of carbonyl (C=O) groups excluding carboxylic acids is 2. The van der Waals surface area contributed by atoms with Gasteiger partial charge in [0.15, 0.2) is 0 Å². The van der Waals surface area contributed by atoms with Gasteiger partial charge in [0.25, 0.3) is 5.91 Å². The van der Waals surface area contributed by atoms with Gasteiger partial charge in [-0.15, -0.1) is 0 Å². The van der Waals surface area contributed by atoms with Gasteiger partial charge in [-0.1, -0.05) is 30.4 Å². The van der Waals surface area contributed by atoms with E-state index in [2.05, 4.69) is 5.32 Å². The second-order valence-electron chi connectivity index (χ2n) is 7.08. The molecule has 2 aromatic carbocycles. The van der Waals surface area contributed by atoms with E-state index in [0.29, 0.717) is 30.0 Å². The topological polar surface area (TPSA) is 126 Å². The zero-order chi connectivity index (χ0) is 24.6. The Bertz CT molecular complexity index is 941. The maximum Gasteiger partial charge on any atom is 0.412 e. The van der Waals surface area contributed by atoms with E-state index >= 15 is 0 Å². The first-order valence-corrected chi connectivity index (χ1v) is 10.8. The lowest BCUT2D eigenvalue weighted by molar-refractivity contribution is -0.124. The van der Waals surface area contributed by atoms with Crippen LogP contribution in [0.25, 0.3) is 0 Å². The van der Waals surface area contributed by atoms with Crippen molar-refractivity contribution >= 4 is 17.7 Å². The van der Waals surface area contributed by atoms with Crippen molar-refractivity contribution in [3.8, 4) is 11.5 Å². The minimum atomic E-state index is -0.604. The highest BCUT2D eigenvalue weighted by molar-refractivity contribution is 5.86. The van der Waals surface area contributed by atoms with Gasteiger partial charge >= 0.3 is 6.09 Å². The molecule has 0 aliphatic carbocycles. The lowest BCUT2D eigenvalue weighted by Crippen LogP contribution is -2.17. The lowest BCUT2D eigenvalue weighted by Gasteiger charge is -2.19. The number of hydroxylamine groups is 1. The highest BCUT2D eigenvalue weighted by atomic mass is 16.6. The number of aliphatic hydroxyl groups excluding tert-OH is 1. The minimum Gasteiger partial charge on any atom is -0.497 e. The van der Waals surface area contributed by atoms with Crippen molar-refractivity contribution in [3.63, 3.8) is 0 Å². The number of unbranched alkanes of at least 4 members (excludes halogenated alkanes) is 1. The lowest BCUT2D eigenvalue weighted by atomic mass is 10.0. The number of methoxy groups -OCH3 is 1. The first-order chi connectivity index (χ1) is 16.5. The van der Waals surface area contributed by atoms with Crippen LogP contribution < -0.4 is 20.3 Å². The number of amides is 2. The van der Waals surface area contributed by atoms with Crippen LogP contribution in [0.5, 0.6) is 11.5 Å². The Morgan fingerprint density at radius 3 is 2.38 bits per heavy atom. The number of allylic oxidation sites excluding steroid dienone is 3. The van der Waals surface area contributed by atoms with Crippen molar-refractivity contribution in [3.05, 3.63) is 78.4 Å². The molecule has 182 valence electrons. The van der Waals surface area contributed by atoms with Crippen LogP contribution in [0, 0.1) is 0 Å². The number of nitrogens with one attached hydrogen (secondary N) is 2. The number of carbonyl (C=O) groups is 2. The molecule has 0 fully saturated rings. The van der Waals surface area contributed by atoms with Gasteiger partial charge in [0.1, 0.15) is 24.2 Å². The molecule has 9 nitrogen and oxygen atoms in total. The predicted octanol–water partition coefficient (Wildman–Crippen LogP) is 4.14. The van der Waals surface area contributed by atoms with Crippen LogP contribution >= 0.6 is 0 Å². The molecule has 34 heavy (non-hydrogen) atoms. The van der Waals surface area contributed by atoms with Crippen LogP contribution in [0.2, 0.25) is 0 Å². The summed E-state index contributed by atoms with van der Waals surface area (Å²) in [6.07, 6.45) is 7.22. The minimum absolute atomic E-state index is 0.0770. The molecule has 0 heterocycles. The van der Waals surface area contributed by atoms with Gasteiger partial charge in [-0.2, -0.15) is 0 Å². The van der Waals surface area contributed by atoms with E-state index in [0.717, 1.165) is 12.0 Å². The third kappa shape index (κ3) is 9.76. The van der Waals surface area contributed by atoms with Crippen molar-refractivity contribution in [1.29, 1.82) is 0 Å². The maximum atomic E-state index is 12.5. The summed E-state index contributed by atoms with van der Waals surface area (Å²) in [5, 5.41) is 20.1. The second-order valence-corrected chi connectivity index (χ2v) is 7.08. The first-order valence-electron chi connectivity index (χ1n) is 10.8. The zero-order valence-electron chi connectivity index (χ0n) is 19.0. The standard InChI is InChI=1S/C25H30N2O7/c1-32-21-15-11-20(12-16-21)26-25(30)34-23(7-5-3-2-4-6-8-24(29)27-31)19-9-13-22(14-10-19)33-18-17-28/h2,4,6,8-16,23,28,31H,3,5,7,17-18H2,1H3,(H,26,30)(H,27,29)/b4-2+,8-6+/t23-/m0/s1. The number of hydrogen-bond acceptors (Lipinski definition) is 7. The van der Waals surface area contributed by atoms with Crippen molar-refractivity contribution in [2.75, 3.05) is 25.6 Å². The van der Waals surface area contributed by atoms with Gasteiger partial charge in [-0.3, -0.25) is 15.3 Å². The van der Waals surface area contributed by atoms with Gasteiger partial charge in [0, 0.05) is 11.8 Å². The quantitative estimate of drug-likeness (QED) is 0.114. The van der Waals surface area contributed by atoms with Crippen LogP contribution in [0.3, 0.4) is 0 Å². The van der Waals surface area contributed by atoms with Crippen LogP contribution in [0.4, 0.5) is 10.5 Å². The zero-order valence-corrected chi connectivity index (χ0v) is 19.0. The second kappa shape index (κ2) is 15.1. The predicted molar refractivity (Wildman–Crippen MR) is 127 cm³/mol. The molecule has 9 heteroatoms. The molecule has 0 saturated carbocycles. The molecular formula is C25H30N2O7. The SMILES string of the molecule is COc1ccc(NC(=O)O[C@@H](CCC/C=C/C=C/C(=O)NO)c2ccc(OCCO)cc2)cc1. The van der Waals surface area contributed by atoms with Gasteiger partial charge in [0.05, 0.1) is 13.7 Å². The molecule has 0 aromatic heterocycles. The van der Waals surface area contributed by atoms with Gasteiger partial charge in [-0.05, 0) is 61.2 Å². The smallest absolute Gasteiger partial charge is 0.412 e. The van der Waals surface area contributed by atoms with E-state index in [-0.39, 0.29) is 13.2 Å². The fourth-order valence-corrected chi connectivity index (χ4v) is 2.96. The molecule has 0 aliphatic heterocycles. The summed E-state index contributed by atoms with van der Waals surface area (Å²) in [5.74, 6) is 0.688. The molecule has 0 unspecified atom stereocenters. The van der Waals surface area contributed by atoms with Crippen LogP contribution in [0.1, 0.15) is 30.9 Å². The number of anilines is 1. The Kier molecular flexibility index (Phi) is 11.7. The molecule has 2 rings (SSSR count). The summed E-state index contributed by atoms with van der Waals surface area (Å²) < 4.78 is 16.2. The number of benzene rings is 2. The maximum absolute atomic E-state index is 12.5. The van der Waals surface area contributed by atoms with E-state index in [4.69, 9.17) is 24.5 Å². The molecule has 0 spiro atoms. The summed E-state index contributed by atoms with van der Waals surface area (Å²) in [7, 11) is 1.57. The third-order valence-electron chi connectivity index (χ3n) is 4.64. The average molecular weight is 471 g/mol. The molecule has 1 atom stereocenters. The highest BCUT2D eigenvalue weighted by Gasteiger charge is 2.17. The summed E-state index contributed by atoms with van der Waals surface area (Å²) >= 11 is 0. The normalized spacial score (nSPS) is 11.9. The average Bonchev–Trinajstić information content (AvgIpc) is 2.86. The summed E-state index contributed by atoms with van der Waals surface area (Å²) in [6, 6.07) is 14.1. The van der Waals surface area contributed by atoms with Crippen molar-refractivity contribution < 1.29 is 34.1 Å². The van der Waals surface area contributed by atoms with Gasteiger partial charge < -0.3 is 19.3 Å². The summed E-state index contributed by atoms with van der Waals surface area (Å²) in [5.41, 5.74) is 2.91. The fourth-order valence-electron chi connectivity index (χ4n) is 2.96. The monoisotopic (exact) mass is 470 g/mol. The molecule has 2 aromatic rings. The van der Waals surface area contributed by atoms with E-state index in [1.165, 1.54) is 17.6 Å². The first kappa shape index (κ1) is 26.4. The van der Waals surface area contributed by atoms with Crippen molar-refractivity contribution in [2.45, 2.75) is 25.4 Å². The van der Waals surface area contributed by atoms with Crippen molar-refractivity contribution in [2.24, 2.45) is 0 Å². The number of hydrogen-bond donors (Lipinski definition) is 4. The summed E-state index contributed by atoms with van der Waals surface area (Å²) in [4.78, 5) is 23.5. The van der Waals surface area contributed by atoms with E-state index in [9.17, 15) is 9.59 Å². The Morgan fingerprint density at radius 2 is 1.74 bits per heavy atom.